The second-order valence-electron chi connectivity index (χ2n) is 4.71. The molecule has 116 valence electrons. The van der Waals surface area contributed by atoms with Gasteiger partial charge in [-0.25, -0.2) is 0 Å². The summed E-state index contributed by atoms with van der Waals surface area (Å²) in [6.07, 6.45) is -0.338. The highest BCUT2D eigenvalue weighted by Crippen LogP contribution is 2.35. The van der Waals surface area contributed by atoms with Crippen LogP contribution in [-0.2, 0) is 19.7 Å². The summed E-state index contributed by atoms with van der Waals surface area (Å²) in [6, 6.07) is 6.46. The van der Waals surface area contributed by atoms with Gasteiger partial charge in [-0.2, -0.15) is 8.42 Å². The van der Waals surface area contributed by atoms with Crippen LogP contribution in [0.2, 0.25) is 0 Å². The fourth-order valence-electron chi connectivity index (χ4n) is 2.11. The van der Waals surface area contributed by atoms with E-state index in [1.807, 2.05) is 0 Å². The molecule has 2 aromatic carbocycles. The Labute approximate surface area is 126 Å². The van der Waals surface area contributed by atoms with Crippen molar-refractivity contribution in [3.8, 4) is 5.75 Å². The van der Waals surface area contributed by atoms with Crippen LogP contribution in [0.5, 0.6) is 5.75 Å². The third-order valence-corrected chi connectivity index (χ3v) is 3.85. The van der Waals surface area contributed by atoms with E-state index < -0.39 is 16.0 Å². The number of rotatable bonds is 4. The average Bonchev–Trinajstić information content (AvgIpc) is 2.36. The number of phenols is 1. The van der Waals surface area contributed by atoms with Gasteiger partial charge in [-0.15, -0.1) is 0 Å². The van der Waals surface area contributed by atoms with Gasteiger partial charge in [0.1, 0.15) is 16.4 Å². The predicted molar refractivity (Wildman–Crippen MR) is 79.4 cm³/mol. The number of amides is 1. The normalized spacial score (nSPS) is 11.4. The maximum Gasteiger partial charge on any atom is 0.295 e. The van der Waals surface area contributed by atoms with Crippen molar-refractivity contribution in [1.82, 2.24) is 0 Å². The smallest absolute Gasteiger partial charge is 0.295 e. The summed E-state index contributed by atoms with van der Waals surface area (Å²) in [7, 11) is -4.49. The SMILES string of the molecule is CC(=O)CC(=O)Nc1cccc2c(S(=O)(=O)O)ccc(O)c12. The lowest BCUT2D eigenvalue weighted by Crippen LogP contribution is -2.15. The van der Waals surface area contributed by atoms with Gasteiger partial charge >= 0.3 is 0 Å². The molecule has 0 bridgehead atoms. The summed E-state index contributed by atoms with van der Waals surface area (Å²) in [6.45, 7) is 1.26. The lowest BCUT2D eigenvalue weighted by Gasteiger charge is -2.11. The van der Waals surface area contributed by atoms with Crippen LogP contribution in [0.3, 0.4) is 0 Å². The quantitative estimate of drug-likeness (QED) is 0.582. The number of hydrogen-bond donors (Lipinski definition) is 3. The fraction of sp³-hybridized carbons (Fsp3) is 0.143. The van der Waals surface area contributed by atoms with Gasteiger partial charge in [0.05, 0.1) is 12.1 Å². The van der Waals surface area contributed by atoms with Crippen LogP contribution in [0, 0.1) is 0 Å². The number of nitrogens with one attached hydrogen (secondary N) is 1. The van der Waals surface area contributed by atoms with Gasteiger partial charge in [0.15, 0.2) is 0 Å². The van der Waals surface area contributed by atoms with Gasteiger partial charge in [0.2, 0.25) is 5.91 Å². The summed E-state index contributed by atoms with van der Waals surface area (Å²) >= 11 is 0. The van der Waals surface area contributed by atoms with Crippen LogP contribution in [0.25, 0.3) is 10.8 Å². The molecule has 3 N–H and O–H groups in total. The van der Waals surface area contributed by atoms with E-state index in [1.54, 1.807) is 0 Å². The van der Waals surface area contributed by atoms with Crippen LogP contribution < -0.4 is 5.32 Å². The van der Waals surface area contributed by atoms with E-state index >= 15 is 0 Å². The molecule has 0 aliphatic heterocycles. The standard InChI is InChI=1S/C14H13NO6S/c1-8(16)7-13(18)15-10-4-2-3-9-12(22(19,20)21)6-5-11(17)14(9)10/h2-6,17H,7H2,1H3,(H,15,18)(H,19,20,21). The number of aromatic hydroxyl groups is 1. The summed E-state index contributed by atoms with van der Waals surface area (Å²) in [5.74, 6) is -1.18. The highest BCUT2D eigenvalue weighted by molar-refractivity contribution is 7.86. The van der Waals surface area contributed by atoms with Crippen molar-refractivity contribution in [2.75, 3.05) is 5.32 Å². The number of hydrogen-bond acceptors (Lipinski definition) is 5. The lowest BCUT2D eigenvalue weighted by molar-refractivity contribution is -0.124. The first-order valence-electron chi connectivity index (χ1n) is 6.21. The van der Waals surface area contributed by atoms with Crippen molar-refractivity contribution in [2.45, 2.75) is 18.2 Å². The third kappa shape index (κ3) is 3.23. The lowest BCUT2D eigenvalue weighted by atomic mass is 10.1. The van der Waals surface area contributed by atoms with Crippen molar-refractivity contribution in [3.05, 3.63) is 30.3 Å². The summed E-state index contributed by atoms with van der Waals surface area (Å²) < 4.78 is 32.0. The fourth-order valence-corrected chi connectivity index (χ4v) is 2.80. The molecule has 2 rings (SSSR count). The molecular weight excluding hydrogens is 310 g/mol. The Morgan fingerprint density at radius 1 is 1.18 bits per heavy atom. The Morgan fingerprint density at radius 2 is 1.86 bits per heavy atom. The van der Waals surface area contributed by atoms with Crippen molar-refractivity contribution >= 4 is 38.3 Å². The number of anilines is 1. The first-order valence-corrected chi connectivity index (χ1v) is 7.65. The largest absolute Gasteiger partial charge is 0.507 e. The molecule has 0 heterocycles. The van der Waals surface area contributed by atoms with Crippen molar-refractivity contribution in [1.29, 1.82) is 0 Å². The molecular formula is C14H13NO6S. The number of phenolic OH excluding ortho intramolecular Hbond substituents is 1. The number of fused-ring (bicyclic) bond motifs is 1. The molecule has 8 heteroatoms. The van der Waals surface area contributed by atoms with Gasteiger partial charge in [0.25, 0.3) is 10.1 Å². The molecule has 0 saturated heterocycles. The molecule has 0 aliphatic rings. The van der Waals surface area contributed by atoms with E-state index in [0.717, 1.165) is 12.1 Å². The van der Waals surface area contributed by atoms with Crippen molar-refractivity contribution in [3.63, 3.8) is 0 Å². The Morgan fingerprint density at radius 3 is 2.45 bits per heavy atom. The van der Waals surface area contributed by atoms with Gasteiger partial charge in [-0.1, -0.05) is 12.1 Å². The zero-order chi connectivity index (χ0) is 16.5. The molecule has 7 nitrogen and oxygen atoms in total. The molecule has 0 saturated carbocycles. The van der Waals surface area contributed by atoms with Gasteiger partial charge in [0, 0.05) is 10.8 Å². The maximum atomic E-state index is 11.7. The molecule has 2 aromatic rings. The topological polar surface area (TPSA) is 121 Å². The summed E-state index contributed by atoms with van der Waals surface area (Å²) in [4.78, 5) is 22.2. The van der Waals surface area contributed by atoms with Crippen LogP contribution in [0.15, 0.2) is 35.2 Å². The van der Waals surface area contributed by atoms with E-state index in [1.165, 1.54) is 25.1 Å². The molecule has 0 radical (unpaired) electrons. The second-order valence-corrected chi connectivity index (χ2v) is 6.10. The van der Waals surface area contributed by atoms with E-state index in [4.69, 9.17) is 0 Å². The maximum absolute atomic E-state index is 11.7. The minimum absolute atomic E-state index is 0.0584. The third-order valence-electron chi connectivity index (χ3n) is 2.94. The van der Waals surface area contributed by atoms with Crippen LogP contribution in [0.4, 0.5) is 5.69 Å². The Kier molecular flexibility index (Phi) is 4.16. The van der Waals surface area contributed by atoms with E-state index in [-0.39, 0.29) is 39.3 Å². The molecule has 0 spiro atoms. The van der Waals surface area contributed by atoms with Crippen molar-refractivity contribution < 1.29 is 27.7 Å². The Bertz CT molecular complexity index is 872. The average molecular weight is 323 g/mol. The van der Waals surface area contributed by atoms with Crippen molar-refractivity contribution in [2.24, 2.45) is 0 Å². The summed E-state index contributed by atoms with van der Waals surface area (Å²) in [5.41, 5.74) is 0.145. The molecule has 0 atom stereocenters. The van der Waals surface area contributed by atoms with Gasteiger partial charge in [-0.3, -0.25) is 14.1 Å². The van der Waals surface area contributed by atoms with E-state index in [0.29, 0.717) is 0 Å². The van der Waals surface area contributed by atoms with E-state index in [2.05, 4.69) is 5.32 Å². The van der Waals surface area contributed by atoms with E-state index in [9.17, 15) is 27.7 Å². The monoisotopic (exact) mass is 323 g/mol. The number of ketones is 1. The number of benzene rings is 2. The first kappa shape index (κ1) is 15.9. The van der Waals surface area contributed by atoms with Crippen LogP contribution in [0.1, 0.15) is 13.3 Å². The predicted octanol–water partition coefficient (Wildman–Crippen LogP) is 1.71. The van der Waals surface area contributed by atoms with Crippen LogP contribution in [-0.4, -0.2) is 29.8 Å². The van der Waals surface area contributed by atoms with Gasteiger partial charge in [-0.05, 0) is 25.1 Å². The van der Waals surface area contributed by atoms with Gasteiger partial charge < -0.3 is 10.4 Å². The molecule has 0 aliphatic carbocycles. The number of carbonyl (C=O) groups is 2. The second kappa shape index (κ2) is 5.74. The zero-order valence-electron chi connectivity index (χ0n) is 11.5. The molecule has 1 amide bonds. The molecule has 0 aromatic heterocycles. The minimum atomic E-state index is -4.49. The first-order chi connectivity index (χ1) is 10.2. The molecule has 0 unspecified atom stereocenters. The Hall–Kier alpha value is -2.45. The molecule has 0 fully saturated rings. The molecule has 22 heavy (non-hydrogen) atoms. The summed E-state index contributed by atoms with van der Waals surface area (Å²) in [5, 5.41) is 12.5. The highest BCUT2D eigenvalue weighted by Gasteiger charge is 2.18. The zero-order valence-corrected chi connectivity index (χ0v) is 12.3. The minimum Gasteiger partial charge on any atom is -0.507 e. The van der Waals surface area contributed by atoms with Crippen LogP contribution >= 0.6 is 0 Å². The Balaban J connectivity index is 2.63. The number of carbonyl (C=O) groups excluding carboxylic acids is 2. The number of Topliss-reactive ketones (excluding diaryl/α,β-unsaturated/α-hetero) is 1. The highest BCUT2D eigenvalue weighted by atomic mass is 32.2.